The predicted octanol–water partition coefficient (Wildman–Crippen LogP) is -0.0715. The summed E-state index contributed by atoms with van der Waals surface area (Å²) in [5.41, 5.74) is 0. The van der Waals surface area contributed by atoms with Gasteiger partial charge in [0.15, 0.2) is 5.82 Å². The lowest BCUT2D eigenvalue weighted by atomic mass is 10.2. The molecule has 3 rings (SSSR count). The van der Waals surface area contributed by atoms with Crippen LogP contribution in [0, 0.1) is 6.92 Å². The third-order valence-electron chi connectivity index (χ3n) is 2.82. The molecule has 2 bridgehead atoms. The minimum atomic E-state index is 0.560. The van der Waals surface area contributed by atoms with Crippen LogP contribution in [0.1, 0.15) is 12.2 Å². The molecule has 2 aliphatic heterocycles. The van der Waals surface area contributed by atoms with E-state index < -0.39 is 0 Å². The van der Waals surface area contributed by atoms with Gasteiger partial charge in [-0.05, 0) is 13.3 Å². The summed E-state index contributed by atoms with van der Waals surface area (Å²) < 4.78 is 5.14. The van der Waals surface area contributed by atoms with Crippen LogP contribution < -0.4 is 10.2 Å². The molecule has 2 unspecified atom stereocenters. The highest BCUT2D eigenvalue weighted by atomic mass is 16.5. The van der Waals surface area contributed by atoms with Gasteiger partial charge in [-0.3, -0.25) is 0 Å². The lowest BCUT2D eigenvalue weighted by Crippen LogP contribution is -2.43. The minimum absolute atomic E-state index is 0.560. The van der Waals surface area contributed by atoms with Crippen molar-refractivity contribution >= 4 is 6.01 Å². The van der Waals surface area contributed by atoms with Gasteiger partial charge in [-0.25, -0.2) is 0 Å². The van der Waals surface area contributed by atoms with Crippen LogP contribution in [0.5, 0.6) is 0 Å². The van der Waals surface area contributed by atoms with E-state index in [2.05, 4.69) is 20.4 Å². The Labute approximate surface area is 76.1 Å². The Hall–Kier alpha value is -1.10. The van der Waals surface area contributed by atoms with E-state index >= 15 is 0 Å². The Morgan fingerprint density at radius 3 is 3.08 bits per heavy atom. The van der Waals surface area contributed by atoms with Crippen molar-refractivity contribution in [3.63, 3.8) is 0 Å². The molecule has 0 saturated carbocycles. The molecule has 2 saturated heterocycles. The molecule has 2 atom stereocenters. The zero-order valence-corrected chi connectivity index (χ0v) is 7.53. The van der Waals surface area contributed by atoms with E-state index in [4.69, 9.17) is 4.52 Å². The van der Waals surface area contributed by atoms with Crippen molar-refractivity contribution in [1.29, 1.82) is 0 Å². The minimum Gasteiger partial charge on any atom is -0.319 e. The topological polar surface area (TPSA) is 54.2 Å². The summed E-state index contributed by atoms with van der Waals surface area (Å²) in [4.78, 5) is 6.44. The summed E-state index contributed by atoms with van der Waals surface area (Å²) in [6.07, 6.45) is 1.21. The number of anilines is 1. The van der Waals surface area contributed by atoms with E-state index in [0.717, 1.165) is 13.1 Å². The molecular weight excluding hydrogens is 168 g/mol. The molecule has 0 amide bonds. The summed E-state index contributed by atoms with van der Waals surface area (Å²) >= 11 is 0. The molecule has 13 heavy (non-hydrogen) atoms. The van der Waals surface area contributed by atoms with Gasteiger partial charge in [0.2, 0.25) is 0 Å². The summed E-state index contributed by atoms with van der Waals surface area (Å²) in [6.45, 7) is 3.90. The normalized spacial score (nSPS) is 31.6. The van der Waals surface area contributed by atoms with E-state index in [9.17, 15) is 0 Å². The fourth-order valence-corrected chi connectivity index (χ4v) is 2.20. The van der Waals surface area contributed by atoms with E-state index in [0.29, 0.717) is 23.9 Å². The number of hydrogen-bond acceptors (Lipinski definition) is 5. The predicted molar refractivity (Wildman–Crippen MR) is 46.6 cm³/mol. The Morgan fingerprint density at radius 2 is 2.54 bits per heavy atom. The van der Waals surface area contributed by atoms with Crippen LogP contribution in [-0.4, -0.2) is 35.3 Å². The lowest BCUT2D eigenvalue weighted by Gasteiger charge is -2.24. The second-order valence-corrected chi connectivity index (χ2v) is 3.77. The molecule has 3 heterocycles. The molecule has 0 aliphatic carbocycles. The van der Waals surface area contributed by atoms with Crippen LogP contribution >= 0.6 is 0 Å². The Morgan fingerprint density at radius 1 is 1.62 bits per heavy atom. The number of nitrogens with zero attached hydrogens (tertiary/aromatic N) is 3. The number of aryl methyl sites for hydroxylation is 1. The zero-order valence-electron chi connectivity index (χ0n) is 7.53. The highest BCUT2D eigenvalue weighted by Crippen LogP contribution is 2.27. The van der Waals surface area contributed by atoms with E-state index in [1.807, 2.05) is 6.92 Å². The first-order valence-electron chi connectivity index (χ1n) is 4.63. The number of hydrogen-bond donors (Lipinski definition) is 1. The summed E-state index contributed by atoms with van der Waals surface area (Å²) in [6, 6.07) is 1.87. The molecule has 1 aromatic heterocycles. The molecule has 2 fully saturated rings. The van der Waals surface area contributed by atoms with Gasteiger partial charge in [0, 0.05) is 25.2 Å². The van der Waals surface area contributed by atoms with Gasteiger partial charge in [0.1, 0.15) is 0 Å². The van der Waals surface area contributed by atoms with Crippen LogP contribution in [0.2, 0.25) is 0 Å². The van der Waals surface area contributed by atoms with Crippen molar-refractivity contribution in [1.82, 2.24) is 15.5 Å². The van der Waals surface area contributed by atoms with Gasteiger partial charge in [0.05, 0.1) is 0 Å². The molecular formula is C8H12N4O. The van der Waals surface area contributed by atoms with Crippen LogP contribution in [0.25, 0.3) is 0 Å². The molecule has 2 aliphatic rings. The van der Waals surface area contributed by atoms with Crippen molar-refractivity contribution < 1.29 is 4.52 Å². The molecule has 70 valence electrons. The van der Waals surface area contributed by atoms with E-state index in [1.54, 1.807) is 0 Å². The van der Waals surface area contributed by atoms with E-state index in [-0.39, 0.29) is 0 Å². The van der Waals surface area contributed by atoms with Crippen LogP contribution in [0.15, 0.2) is 4.52 Å². The number of aromatic nitrogens is 2. The van der Waals surface area contributed by atoms with Crippen LogP contribution in [-0.2, 0) is 0 Å². The van der Waals surface area contributed by atoms with Crippen molar-refractivity contribution in [2.75, 3.05) is 18.0 Å². The fourth-order valence-electron chi connectivity index (χ4n) is 2.20. The first kappa shape index (κ1) is 7.32. The zero-order chi connectivity index (χ0) is 8.84. The van der Waals surface area contributed by atoms with Crippen LogP contribution in [0.3, 0.4) is 0 Å². The highest BCUT2D eigenvalue weighted by Gasteiger charge is 2.39. The third-order valence-corrected chi connectivity index (χ3v) is 2.82. The highest BCUT2D eigenvalue weighted by molar-refractivity contribution is 5.33. The average molecular weight is 180 g/mol. The number of piperazine rings is 1. The quantitative estimate of drug-likeness (QED) is 0.655. The summed E-state index contributed by atoms with van der Waals surface area (Å²) in [7, 11) is 0. The van der Waals surface area contributed by atoms with Crippen LogP contribution in [0.4, 0.5) is 6.01 Å². The standard InChI is InChI=1S/C8H12N4O/c1-5-10-8(13-11-5)12-4-6-2-7(12)3-9-6/h6-7,9H,2-4H2,1H3. The maximum absolute atomic E-state index is 5.14. The maximum atomic E-state index is 5.14. The third kappa shape index (κ3) is 1.03. The van der Waals surface area contributed by atoms with Gasteiger partial charge < -0.3 is 14.7 Å². The Kier molecular flexibility index (Phi) is 1.38. The first-order chi connectivity index (χ1) is 6.33. The molecule has 5 nitrogen and oxygen atoms in total. The first-order valence-corrected chi connectivity index (χ1v) is 4.63. The second kappa shape index (κ2) is 2.45. The molecule has 1 aromatic rings. The van der Waals surface area contributed by atoms with Gasteiger partial charge in [-0.15, -0.1) is 0 Å². The Bertz CT molecular complexity index is 324. The molecule has 0 spiro atoms. The Balaban J connectivity index is 1.87. The van der Waals surface area contributed by atoms with Crippen molar-refractivity contribution in [3.8, 4) is 0 Å². The molecule has 5 heteroatoms. The summed E-state index contributed by atoms with van der Waals surface area (Å²) in [5.74, 6) is 0.714. The SMILES string of the molecule is Cc1noc(N2CC3CC2CN3)n1. The molecule has 0 aromatic carbocycles. The molecule has 1 N–H and O–H groups in total. The number of nitrogens with one attached hydrogen (secondary N) is 1. The summed E-state index contributed by atoms with van der Waals surface area (Å²) in [5, 5.41) is 7.23. The largest absolute Gasteiger partial charge is 0.324 e. The van der Waals surface area contributed by atoms with Gasteiger partial charge in [0.25, 0.3) is 0 Å². The van der Waals surface area contributed by atoms with Gasteiger partial charge in [-0.1, -0.05) is 5.16 Å². The monoisotopic (exact) mass is 180 g/mol. The number of rotatable bonds is 1. The maximum Gasteiger partial charge on any atom is 0.324 e. The number of fused-ring (bicyclic) bond motifs is 2. The van der Waals surface area contributed by atoms with Gasteiger partial charge >= 0.3 is 6.01 Å². The van der Waals surface area contributed by atoms with E-state index in [1.165, 1.54) is 6.42 Å². The lowest BCUT2D eigenvalue weighted by molar-refractivity contribution is 0.399. The second-order valence-electron chi connectivity index (χ2n) is 3.77. The van der Waals surface area contributed by atoms with Crippen molar-refractivity contribution in [2.45, 2.75) is 25.4 Å². The van der Waals surface area contributed by atoms with Crippen molar-refractivity contribution in [3.05, 3.63) is 5.82 Å². The fraction of sp³-hybridized carbons (Fsp3) is 0.750. The van der Waals surface area contributed by atoms with Crippen molar-refractivity contribution in [2.24, 2.45) is 0 Å². The van der Waals surface area contributed by atoms with Gasteiger partial charge in [-0.2, -0.15) is 4.98 Å². The molecule has 0 radical (unpaired) electrons. The average Bonchev–Trinajstić information content (AvgIpc) is 2.77. The smallest absolute Gasteiger partial charge is 0.319 e.